The van der Waals surface area contributed by atoms with Crippen LogP contribution >= 0.6 is 0 Å². The maximum atomic E-state index is 12.5. The molecular formula is C16H19NO4. The highest BCUT2D eigenvalue weighted by atomic mass is 16.5. The first kappa shape index (κ1) is 15.1. The van der Waals surface area contributed by atoms with E-state index in [1.54, 1.807) is 23.1 Å². The zero-order valence-electron chi connectivity index (χ0n) is 12.5. The highest BCUT2D eigenvalue weighted by Gasteiger charge is 2.18. The molecule has 112 valence electrons. The van der Waals surface area contributed by atoms with Crippen molar-refractivity contribution in [1.29, 1.82) is 0 Å². The molecule has 5 heteroatoms. The first-order valence-electron chi connectivity index (χ1n) is 7.10. The molecule has 0 N–H and O–H groups in total. The lowest BCUT2D eigenvalue weighted by Gasteiger charge is -2.19. The number of amides is 1. The van der Waals surface area contributed by atoms with Crippen LogP contribution in [0.3, 0.4) is 0 Å². The number of hydrogen-bond donors (Lipinski definition) is 0. The van der Waals surface area contributed by atoms with Crippen LogP contribution in [0, 0.1) is 0 Å². The van der Waals surface area contributed by atoms with E-state index in [0.29, 0.717) is 42.0 Å². The van der Waals surface area contributed by atoms with Crippen LogP contribution in [0.2, 0.25) is 0 Å². The average molecular weight is 289 g/mol. The molecule has 0 fully saturated rings. The summed E-state index contributed by atoms with van der Waals surface area (Å²) in [6.07, 6.45) is 0. The Labute approximate surface area is 123 Å². The molecule has 0 saturated heterocycles. The van der Waals surface area contributed by atoms with Crippen LogP contribution in [-0.4, -0.2) is 30.5 Å². The fraction of sp³-hybridized carbons (Fsp3) is 0.375. The van der Waals surface area contributed by atoms with E-state index in [9.17, 15) is 9.59 Å². The van der Waals surface area contributed by atoms with Crippen LogP contribution in [0.5, 0.6) is 5.75 Å². The van der Waals surface area contributed by atoms with Gasteiger partial charge in [0.25, 0.3) is 5.91 Å². The second kappa shape index (κ2) is 6.43. The number of rotatable bonds is 5. The molecule has 0 spiro atoms. The number of nitrogens with zero attached hydrogens (tertiary/aromatic N) is 1. The molecule has 0 radical (unpaired) electrons. The highest BCUT2D eigenvalue weighted by molar-refractivity contribution is 6.05. The zero-order chi connectivity index (χ0) is 15.4. The lowest BCUT2D eigenvalue weighted by Crippen LogP contribution is -2.31. The molecule has 1 amide bonds. The summed E-state index contributed by atoms with van der Waals surface area (Å²) in [5.74, 6) is 0.447. The number of ether oxygens (including phenoxy) is 1. The quantitative estimate of drug-likeness (QED) is 0.794. The van der Waals surface area contributed by atoms with Gasteiger partial charge in [0.1, 0.15) is 11.3 Å². The van der Waals surface area contributed by atoms with Crippen LogP contribution in [0.25, 0.3) is 11.0 Å². The molecule has 0 aliphatic rings. The van der Waals surface area contributed by atoms with Crippen molar-refractivity contribution in [3.05, 3.63) is 40.2 Å². The van der Waals surface area contributed by atoms with Gasteiger partial charge in [-0.05, 0) is 32.9 Å². The van der Waals surface area contributed by atoms with Crippen molar-refractivity contribution in [1.82, 2.24) is 4.90 Å². The molecule has 1 aromatic carbocycles. The molecular weight excluding hydrogens is 270 g/mol. The molecule has 0 aliphatic heterocycles. The van der Waals surface area contributed by atoms with Gasteiger partial charge in [0.05, 0.1) is 12.2 Å². The fourth-order valence-electron chi connectivity index (χ4n) is 2.26. The van der Waals surface area contributed by atoms with Gasteiger partial charge < -0.3 is 14.1 Å². The summed E-state index contributed by atoms with van der Waals surface area (Å²) in [5, 5.41) is 0.620. The molecule has 0 unspecified atom stereocenters. The Bertz CT molecular complexity index is 701. The summed E-state index contributed by atoms with van der Waals surface area (Å²) >= 11 is 0. The predicted octanol–water partition coefficient (Wildman–Crippen LogP) is 2.67. The van der Waals surface area contributed by atoms with E-state index in [-0.39, 0.29) is 5.91 Å². The minimum atomic E-state index is -0.536. The number of carbonyl (C=O) groups excluding carboxylic acids is 1. The summed E-state index contributed by atoms with van der Waals surface area (Å²) in [4.78, 5) is 25.9. The first-order valence-corrected chi connectivity index (χ1v) is 7.10. The van der Waals surface area contributed by atoms with Gasteiger partial charge in [0.15, 0.2) is 0 Å². The Morgan fingerprint density at radius 3 is 2.52 bits per heavy atom. The molecule has 0 saturated carbocycles. The van der Waals surface area contributed by atoms with Crippen molar-refractivity contribution in [2.24, 2.45) is 0 Å². The Kier molecular flexibility index (Phi) is 4.62. The number of carbonyl (C=O) groups is 1. The predicted molar refractivity (Wildman–Crippen MR) is 80.9 cm³/mol. The standard InChI is InChI=1S/C16H19NO4/c1-4-17(5-2)16(19)13-10-15(18)21-14-9-11(20-6-3)7-8-12(13)14/h7-10H,4-6H2,1-3H3. The van der Waals surface area contributed by atoms with E-state index in [1.807, 2.05) is 20.8 Å². The molecule has 0 bridgehead atoms. The molecule has 1 heterocycles. The minimum absolute atomic E-state index is 0.165. The van der Waals surface area contributed by atoms with Gasteiger partial charge in [-0.2, -0.15) is 0 Å². The second-order valence-corrected chi connectivity index (χ2v) is 4.55. The van der Waals surface area contributed by atoms with Gasteiger partial charge in [0.2, 0.25) is 0 Å². The lowest BCUT2D eigenvalue weighted by atomic mass is 10.1. The van der Waals surface area contributed by atoms with Gasteiger partial charge in [-0.3, -0.25) is 4.79 Å². The van der Waals surface area contributed by atoms with E-state index in [2.05, 4.69) is 0 Å². The SMILES string of the molecule is CCOc1ccc2c(C(=O)N(CC)CC)cc(=O)oc2c1. The molecule has 5 nitrogen and oxygen atoms in total. The van der Waals surface area contributed by atoms with E-state index in [1.165, 1.54) is 6.07 Å². The fourth-order valence-corrected chi connectivity index (χ4v) is 2.26. The van der Waals surface area contributed by atoms with Crippen molar-refractivity contribution < 1.29 is 13.9 Å². The molecule has 2 aromatic rings. The Hall–Kier alpha value is -2.30. The zero-order valence-corrected chi connectivity index (χ0v) is 12.5. The third-order valence-corrected chi connectivity index (χ3v) is 3.31. The Morgan fingerprint density at radius 2 is 1.90 bits per heavy atom. The number of hydrogen-bond acceptors (Lipinski definition) is 4. The van der Waals surface area contributed by atoms with Crippen LogP contribution < -0.4 is 10.4 Å². The molecule has 1 aromatic heterocycles. The average Bonchev–Trinajstić information content (AvgIpc) is 2.47. The van der Waals surface area contributed by atoms with Gasteiger partial charge in [-0.1, -0.05) is 0 Å². The van der Waals surface area contributed by atoms with Crippen molar-refractivity contribution in [2.75, 3.05) is 19.7 Å². The van der Waals surface area contributed by atoms with Crippen molar-refractivity contribution in [3.63, 3.8) is 0 Å². The Morgan fingerprint density at radius 1 is 1.19 bits per heavy atom. The van der Waals surface area contributed by atoms with Gasteiger partial charge in [-0.15, -0.1) is 0 Å². The van der Waals surface area contributed by atoms with E-state index in [0.717, 1.165) is 0 Å². The third kappa shape index (κ3) is 3.07. The third-order valence-electron chi connectivity index (χ3n) is 3.31. The Balaban J connectivity index is 2.58. The number of benzene rings is 1. The topological polar surface area (TPSA) is 59.8 Å². The summed E-state index contributed by atoms with van der Waals surface area (Å²) in [7, 11) is 0. The highest BCUT2D eigenvalue weighted by Crippen LogP contribution is 2.23. The van der Waals surface area contributed by atoms with E-state index in [4.69, 9.17) is 9.15 Å². The molecule has 2 rings (SSSR count). The molecule has 21 heavy (non-hydrogen) atoms. The first-order chi connectivity index (χ1) is 10.1. The lowest BCUT2D eigenvalue weighted by molar-refractivity contribution is 0.0774. The number of fused-ring (bicyclic) bond motifs is 1. The van der Waals surface area contributed by atoms with E-state index >= 15 is 0 Å². The maximum Gasteiger partial charge on any atom is 0.337 e. The normalized spacial score (nSPS) is 10.6. The summed E-state index contributed by atoms with van der Waals surface area (Å²) in [6.45, 7) is 7.39. The van der Waals surface area contributed by atoms with Crippen molar-refractivity contribution in [2.45, 2.75) is 20.8 Å². The molecule has 0 atom stereocenters. The summed E-state index contributed by atoms with van der Waals surface area (Å²) < 4.78 is 10.6. The summed E-state index contributed by atoms with van der Waals surface area (Å²) in [5.41, 5.74) is 0.198. The largest absolute Gasteiger partial charge is 0.494 e. The van der Waals surface area contributed by atoms with Crippen LogP contribution in [0.1, 0.15) is 31.1 Å². The van der Waals surface area contributed by atoms with E-state index < -0.39 is 5.63 Å². The van der Waals surface area contributed by atoms with Crippen molar-refractivity contribution in [3.8, 4) is 5.75 Å². The van der Waals surface area contributed by atoms with Crippen LogP contribution in [0.4, 0.5) is 0 Å². The van der Waals surface area contributed by atoms with Gasteiger partial charge >= 0.3 is 5.63 Å². The van der Waals surface area contributed by atoms with Crippen molar-refractivity contribution >= 4 is 16.9 Å². The van der Waals surface area contributed by atoms with Crippen LogP contribution in [-0.2, 0) is 0 Å². The second-order valence-electron chi connectivity index (χ2n) is 4.55. The maximum absolute atomic E-state index is 12.5. The van der Waals surface area contributed by atoms with Gasteiger partial charge in [-0.25, -0.2) is 4.79 Å². The minimum Gasteiger partial charge on any atom is -0.494 e. The molecule has 0 aliphatic carbocycles. The van der Waals surface area contributed by atoms with Gasteiger partial charge in [0, 0.05) is 30.6 Å². The summed E-state index contributed by atoms with van der Waals surface area (Å²) in [6, 6.07) is 6.41. The monoisotopic (exact) mass is 289 g/mol. The smallest absolute Gasteiger partial charge is 0.337 e. The van der Waals surface area contributed by atoms with Crippen LogP contribution in [0.15, 0.2) is 33.5 Å².